The minimum atomic E-state index is 0.325. The first-order chi connectivity index (χ1) is 7.95. The summed E-state index contributed by atoms with van der Waals surface area (Å²) >= 11 is 1.96. The van der Waals surface area contributed by atoms with Gasteiger partial charge in [0.05, 0.1) is 0 Å². The lowest BCUT2D eigenvalue weighted by Crippen LogP contribution is -2.62. The Morgan fingerprint density at radius 3 is 2.71 bits per heavy atom. The second-order valence-electron chi connectivity index (χ2n) is 6.31. The molecule has 1 saturated heterocycles. The van der Waals surface area contributed by atoms with Crippen LogP contribution in [0, 0.1) is 5.92 Å². The lowest BCUT2D eigenvalue weighted by Gasteiger charge is -2.46. The van der Waals surface area contributed by atoms with Crippen molar-refractivity contribution in [1.82, 2.24) is 10.2 Å². The number of nitrogens with zero attached hydrogens (tertiary/aromatic N) is 1. The molecular weight excluding hydrogens is 228 g/mol. The Kier molecular flexibility index (Phi) is 6.32. The van der Waals surface area contributed by atoms with Crippen LogP contribution in [0.1, 0.15) is 40.5 Å². The van der Waals surface area contributed by atoms with Gasteiger partial charge in [0.25, 0.3) is 0 Å². The van der Waals surface area contributed by atoms with E-state index in [0.717, 1.165) is 12.5 Å². The molecule has 0 aliphatic carbocycles. The number of thioether (sulfide) groups is 1. The third-order valence-electron chi connectivity index (χ3n) is 3.65. The summed E-state index contributed by atoms with van der Waals surface area (Å²) < 4.78 is 0. The Balaban J connectivity index is 2.44. The monoisotopic (exact) mass is 258 g/mol. The number of piperazine rings is 1. The van der Waals surface area contributed by atoms with Crippen molar-refractivity contribution < 1.29 is 0 Å². The van der Waals surface area contributed by atoms with E-state index >= 15 is 0 Å². The summed E-state index contributed by atoms with van der Waals surface area (Å²) in [5.41, 5.74) is 0.325. The standard InChI is InChI=1S/C14H30N2S/c1-12(2)9-13-10-16(7-6-8-17-5)14(3,4)11-15-13/h12-13,15H,6-11H2,1-5H3. The highest BCUT2D eigenvalue weighted by Gasteiger charge is 2.33. The highest BCUT2D eigenvalue weighted by Crippen LogP contribution is 2.21. The van der Waals surface area contributed by atoms with Gasteiger partial charge in [-0.3, -0.25) is 4.90 Å². The molecule has 1 aliphatic rings. The summed E-state index contributed by atoms with van der Waals surface area (Å²) in [6.07, 6.45) is 4.82. The van der Waals surface area contributed by atoms with E-state index in [1.165, 1.54) is 31.7 Å². The minimum absolute atomic E-state index is 0.325. The van der Waals surface area contributed by atoms with Crippen LogP contribution in [0.4, 0.5) is 0 Å². The fraction of sp³-hybridized carbons (Fsp3) is 1.00. The zero-order valence-electron chi connectivity index (χ0n) is 12.3. The minimum Gasteiger partial charge on any atom is -0.311 e. The first-order valence-corrected chi connectivity index (χ1v) is 8.32. The van der Waals surface area contributed by atoms with Gasteiger partial charge < -0.3 is 5.32 Å². The fourth-order valence-electron chi connectivity index (χ4n) is 2.60. The molecule has 1 aliphatic heterocycles. The average Bonchev–Trinajstić information content (AvgIpc) is 2.22. The summed E-state index contributed by atoms with van der Waals surface area (Å²) in [5, 5.41) is 3.71. The Labute approximate surface area is 112 Å². The van der Waals surface area contributed by atoms with Crippen molar-refractivity contribution >= 4 is 11.8 Å². The molecule has 3 heteroatoms. The van der Waals surface area contributed by atoms with E-state index in [-0.39, 0.29) is 0 Å². The van der Waals surface area contributed by atoms with Crippen LogP contribution in [0.3, 0.4) is 0 Å². The summed E-state index contributed by atoms with van der Waals surface area (Å²) in [6, 6.07) is 0.692. The SMILES string of the molecule is CSCCCN1CC(CC(C)C)NCC1(C)C. The molecule has 0 aromatic rings. The predicted molar refractivity (Wildman–Crippen MR) is 79.9 cm³/mol. The van der Waals surface area contributed by atoms with E-state index in [0.29, 0.717) is 11.6 Å². The van der Waals surface area contributed by atoms with Gasteiger partial charge in [-0.05, 0) is 51.2 Å². The van der Waals surface area contributed by atoms with Crippen molar-refractivity contribution in [2.45, 2.75) is 52.1 Å². The van der Waals surface area contributed by atoms with E-state index in [4.69, 9.17) is 0 Å². The van der Waals surface area contributed by atoms with Crippen LogP contribution in [0.2, 0.25) is 0 Å². The van der Waals surface area contributed by atoms with Crippen molar-refractivity contribution in [3.63, 3.8) is 0 Å². The molecule has 1 rings (SSSR count). The van der Waals surface area contributed by atoms with E-state index in [9.17, 15) is 0 Å². The molecule has 102 valence electrons. The van der Waals surface area contributed by atoms with Gasteiger partial charge in [-0.2, -0.15) is 11.8 Å². The molecule has 1 fully saturated rings. The molecule has 0 aromatic heterocycles. The fourth-order valence-corrected chi connectivity index (χ4v) is 3.02. The van der Waals surface area contributed by atoms with Gasteiger partial charge in [0.2, 0.25) is 0 Å². The van der Waals surface area contributed by atoms with Crippen LogP contribution >= 0.6 is 11.8 Å². The van der Waals surface area contributed by atoms with Gasteiger partial charge in [-0.1, -0.05) is 13.8 Å². The van der Waals surface area contributed by atoms with Gasteiger partial charge in [-0.15, -0.1) is 0 Å². The van der Waals surface area contributed by atoms with E-state index in [1.807, 2.05) is 11.8 Å². The molecule has 1 atom stereocenters. The number of hydrogen-bond donors (Lipinski definition) is 1. The van der Waals surface area contributed by atoms with Crippen LogP contribution in [0.25, 0.3) is 0 Å². The highest BCUT2D eigenvalue weighted by atomic mass is 32.2. The molecule has 17 heavy (non-hydrogen) atoms. The summed E-state index contributed by atoms with van der Waals surface area (Å²) in [7, 11) is 0. The van der Waals surface area contributed by atoms with Crippen molar-refractivity contribution in [2.24, 2.45) is 5.92 Å². The largest absolute Gasteiger partial charge is 0.311 e. The third-order valence-corrected chi connectivity index (χ3v) is 4.35. The lowest BCUT2D eigenvalue weighted by molar-refractivity contribution is 0.0614. The van der Waals surface area contributed by atoms with Crippen LogP contribution < -0.4 is 5.32 Å². The quantitative estimate of drug-likeness (QED) is 0.738. The van der Waals surface area contributed by atoms with Gasteiger partial charge in [0.15, 0.2) is 0 Å². The maximum absolute atomic E-state index is 3.71. The highest BCUT2D eigenvalue weighted by molar-refractivity contribution is 7.98. The third kappa shape index (κ3) is 5.19. The summed E-state index contributed by atoms with van der Waals surface area (Å²) in [4.78, 5) is 2.69. The Morgan fingerprint density at radius 2 is 2.12 bits per heavy atom. The average molecular weight is 258 g/mol. The first kappa shape index (κ1) is 15.3. The van der Waals surface area contributed by atoms with Crippen molar-refractivity contribution in [2.75, 3.05) is 31.6 Å². The Morgan fingerprint density at radius 1 is 1.41 bits per heavy atom. The first-order valence-electron chi connectivity index (χ1n) is 6.93. The maximum atomic E-state index is 3.71. The van der Waals surface area contributed by atoms with E-state index in [2.05, 4.69) is 44.2 Å². The van der Waals surface area contributed by atoms with Crippen molar-refractivity contribution in [1.29, 1.82) is 0 Å². The molecule has 0 saturated carbocycles. The van der Waals surface area contributed by atoms with Gasteiger partial charge >= 0.3 is 0 Å². The zero-order valence-corrected chi connectivity index (χ0v) is 13.1. The lowest BCUT2D eigenvalue weighted by atomic mass is 9.93. The summed E-state index contributed by atoms with van der Waals surface area (Å²) in [5.74, 6) is 2.08. The molecule has 0 amide bonds. The van der Waals surface area contributed by atoms with Gasteiger partial charge in [0.1, 0.15) is 0 Å². The maximum Gasteiger partial charge on any atom is 0.0278 e. The Hall–Kier alpha value is 0.270. The molecule has 0 aromatic carbocycles. The molecule has 1 heterocycles. The smallest absolute Gasteiger partial charge is 0.0278 e. The summed E-state index contributed by atoms with van der Waals surface area (Å²) in [6.45, 7) is 13.0. The molecule has 2 nitrogen and oxygen atoms in total. The van der Waals surface area contributed by atoms with Crippen LogP contribution in [0.5, 0.6) is 0 Å². The normalized spacial score (nSPS) is 25.4. The molecule has 0 radical (unpaired) electrons. The molecule has 1 N–H and O–H groups in total. The molecule has 1 unspecified atom stereocenters. The topological polar surface area (TPSA) is 15.3 Å². The van der Waals surface area contributed by atoms with Crippen LogP contribution in [-0.2, 0) is 0 Å². The van der Waals surface area contributed by atoms with Gasteiger partial charge in [0, 0.05) is 24.7 Å². The molecule has 0 bridgehead atoms. The second kappa shape index (κ2) is 7.01. The van der Waals surface area contributed by atoms with Crippen LogP contribution in [-0.4, -0.2) is 48.1 Å². The van der Waals surface area contributed by atoms with E-state index in [1.54, 1.807) is 0 Å². The molecule has 0 spiro atoms. The van der Waals surface area contributed by atoms with Crippen molar-refractivity contribution in [3.8, 4) is 0 Å². The van der Waals surface area contributed by atoms with Gasteiger partial charge in [-0.25, -0.2) is 0 Å². The number of hydrogen-bond acceptors (Lipinski definition) is 3. The van der Waals surface area contributed by atoms with Crippen LogP contribution in [0.15, 0.2) is 0 Å². The van der Waals surface area contributed by atoms with E-state index < -0.39 is 0 Å². The Bertz CT molecular complexity index is 216. The molecular formula is C14H30N2S. The van der Waals surface area contributed by atoms with Crippen molar-refractivity contribution in [3.05, 3.63) is 0 Å². The number of rotatable bonds is 6. The second-order valence-corrected chi connectivity index (χ2v) is 7.30. The zero-order chi connectivity index (χ0) is 12.9. The predicted octanol–water partition coefficient (Wildman–Crippen LogP) is 2.84. The number of nitrogens with one attached hydrogen (secondary N) is 1.